The molecule has 0 heterocycles. The van der Waals surface area contributed by atoms with Crippen molar-refractivity contribution in [2.45, 2.75) is 37.8 Å². The zero-order valence-corrected chi connectivity index (χ0v) is 25.5. The summed E-state index contributed by atoms with van der Waals surface area (Å²) in [5.41, 5.74) is 3.04. The summed E-state index contributed by atoms with van der Waals surface area (Å²) in [7, 11) is -2.67. The predicted octanol–water partition coefficient (Wildman–Crippen LogP) is 4.98. The summed E-state index contributed by atoms with van der Waals surface area (Å²) in [4.78, 5) is 29.4. The van der Waals surface area contributed by atoms with Gasteiger partial charge < -0.3 is 15.0 Å². The molecule has 0 bridgehead atoms. The van der Waals surface area contributed by atoms with Crippen LogP contribution in [0.4, 0.5) is 5.69 Å². The van der Waals surface area contributed by atoms with Crippen LogP contribution < -0.4 is 14.4 Å². The number of hydrogen-bond donors (Lipinski definition) is 1. The number of benzene rings is 4. The van der Waals surface area contributed by atoms with Crippen molar-refractivity contribution < 1.29 is 22.7 Å². The fourth-order valence-corrected chi connectivity index (χ4v) is 6.23. The van der Waals surface area contributed by atoms with Crippen LogP contribution in [0, 0.1) is 6.92 Å². The third-order valence-corrected chi connectivity index (χ3v) is 8.98. The number of carbonyl (C=O) groups excluding carboxylic acids is 2. The molecule has 0 aliphatic heterocycles. The summed E-state index contributed by atoms with van der Waals surface area (Å²) in [6, 6.07) is 30.8. The van der Waals surface area contributed by atoms with Crippen molar-refractivity contribution in [2.75, 3.05) is 24.5 Å². The molecule has 1 N–H and O–H groups in total. The number of methoxy groups -OCH3 is 1. The Morgan fingerprint density at radius 3 is 2.05 bits per heavy atom. The van der Waals surface area contributed by atoms with E-state index in [-0.39, 0.29) is 23.8 Å². The van der Waals surface area contributed by atoms with Crippen molar-refractivity contribution in [1.29, 1.82) is 0 Å². The highest BCUT2D eigenvalue weighted by molar-refractivity contribution is 7.92. The second kappa shape index (κ2) is 14.5. The van der Waals surface area contributed by atoms with E-state index in [1.54, 1.807) is 42.5 Å². The number of sulfonamides is 1. The lowest BCUT2D eigenvalue weighted by Crippen LogP contribution is -2.53. The molecule has 9 heteroatoms. The van der Waals surface area contributed by atoms with Crippen LogP contribution in [-0.2, 0) is 32.6 Å². The molecule has 0 unspecified atom stereocenters. The predicted molar refractivity (Wildman–Crippen MR) is 168 cm³/mol. The number of para-hydroxylation sites is 1. The van der Waals surface area contributed by atoms with Gasteiger partial charge in [0.1, 0.15) is 18.3 Å². The van der Waals surface area contributed by atoms with Crippen molar-refractivity contribution in [3.8, 4) is 5.75 Å². The van der Waals surface area contributed by atoms with E-state index in [1.165, 1.54) is 24.1 Å². The molecule has 4 aromatic rings. The molecule has 4 rings (SSSR count). The Bertz CT molecular complexity index is 1610. The number of ether oxygens (including phenoxy) is 1. The molecule has 43 heavy (non-hydrogen) atoms. The van der Waals surface area contributed by atoms with E-state index in [0.29, 0.717) is 18.0 Å². The van der Waals surface area contributed by atoms with Gasteiger partial charge in [-0.2, -0.15) is 0 Å². The first kappa shape index (κ1) is 31.3. The first-order valence-corrected chi connectivity index (χ1v) is 15.6. The minimum atomic E-state index is -4.17. The van der Waals surface area contributed by atoms with Crippen molar-refractivity contribution in [2.24, 2.45) is 0 Å². The Balaban J connectivity index is 1.78. The third-order valence-electron chi connectivity index (χ3n) is 7.19. The summed E-state index contributed by atoms with van der Waals surface area (Å²) in [5.74, 6) is -0.301. The molecule has 1 atom stereocenters. The van der Waals surface area contributed by atoms with Gasteiger partial charge in [-0.1, -0.05) is 72.8 Å². The van der Waals surface area contributed by atoms with Crippen LogP contribution in [0.5, 0.6) is 5.75 Å². The Kier molecular flexibility index (Phi) is 10.6. The first-order chi connectivity index (χ1) is 20.7. The molecule has 8 nitrogen and oxygen atoms in total. The van der Waals surface area contributed by atoms with Gasteiger partial charge >= 0.3 is 0 Å². The zero-order chi connectivity index (χ0) is 30.8. The number of anilines is 1. The maximum absolute atomic E-state index is 14.4. The normalized spacial score (nSPS) is 11.8. The fourth-order valence-electron chi connectivity index (χ4n) is 4.81. The second-order valence-electron chi connectivity index (χ2n) is 10.1. The molecule has 0 fully saturated rings. The number of amides is 2. The van der Waals surface area contributed by atoms with E-state index >= 15 is 0 Å². The quantitative estimate of drug-likeness (QED) is 0.234. The van der Waals surface area contributed by atoms with Gasteiger partial charge in [-0.25, -0.2) is 8.42 Å². The number of rotatable bonds is 13. The van der Waals surface area contributed by atoms with E-state index < -0.39 is 28.5 Å². The Labute approximate surface area is 254 Å². The van der Waals surface area contributed by atoms with Gasteiger partial charge in [-0.05, 0) is 66.9 Å². The molecule has 0 aliphatic carbocycles. The molecule has 4 aromatic carbocycles. The van der Waals surface area contributed by atoms with E-state index in [1.807, 2.05) is 68.4 Å². The van der Waals surface area contributed by atoms with Gasteiger partial charge in [-0.15, -0.1) is 0 Å². The highest BCUT2D eigenvalue weighted by Gasteiger charge is 2.34. The number of aryl methyl sites for hydroxylation is 1. The minimum absolute atomic E-state index is 0.0139. The maximum Gasteiger partial charge on any atom is 0.264 e. The fraction of sp³-hybridized carbons (Fsp3) is 0.235. The zero-order valence-electron chi connectivity index (χ0n) is 24.6. The highest BCUT2D eigenvalue weighted by Crippen LogP contribution is 2.26. The molecule has 0 aliphatic rings. The number of likely N-dealkylation sites (N-methyl/N-ethyl adjacent to an activating group) is 1. The van der Waals surface area contributed by atoms with Crippen LogP contribution >= 0.6 is 0 Å². The van der Waals surface area contributed by atoms with Crippen molar-refractivity contribution in [3.63, 3.8) is 0 Å². The summed E-state index contributed by atoms with van der Waals surface area (Å²) < 4.78 is 34.4. The Morgan fingerprint density at radius 2 is 1.44 bits per heavy atom. The van der Waals surface area contributed by atoms with Crippen molar-refractivity contribution in [3.05, 3.63) is 126 Å². The van der Waals surface area contributed by atoms with Crippen LogP contribution in [0.25, 0.3) is 0 Å². The van der Waals surface area contributed by atoms with Crippen molar-refractivity contribution in [1.82, 2.24) is 10.2 Å². The van der Waals surface area contributed by atoms with Crippen LogP contribution in [0.3, 0.4) is 0 Å². The van der Waals surface area contributed by atoms with Crippen LogP contribution in [0.15, 0.2) is 114 Å². The molecule has 0 saturated heterocycles. The molecule has 224 valence electrons. The third kappa shape index (κ3) is 7.81. The molecule has 2 amide bonds. The van der Waals surface area contributed by atoms with E-state index in [4.69, 9.17) is 4.74 Å². The lowest BCUT2D eigenvalue weighted by atomic mass is 10.0. The van der Waals surface area contributed by atoms with Gasteiger partial charge in [-0.3, -0.25) is 13.9 Å². The molecule has 0 saturated carbocycles. The molecule has 0 spiro atoms. The van der Waals surface area contributed by atoms with E-state index in [0.717, 1.165) is 21.0 Å². The lowest BCUT2D eigenvalue weighted by molar-refractivity contribution is -0.140. The first-order valence-electron chi connectivity index (χ1n) is 14.1. The summed E-state index contributed by atoms with van der Waals surface area (Å²) in [5, 5.41) is 2.88. The Morgan fingerprint density at radius 1 is 0.837 bits per heavy atom. The average molecular weight is 600 g/mol. The monoisotopic (exact) mass is 599 g/mol. The lowest BCUT2D eigenvalue weighted by Gasteiger charge is -2.34. The SMILES string of the molecule is CCNC(=O)[C@H](Cc1ccccc1)N(Cc1ccccc1C)C(=O)CN(c1ccccc1)S(=O)(=O)c1ccc(OC)cc1. The van der Waals surface area contributed by atoms with Crippen LogP contribution in [-0.4, -0.2) is 51.4 Å². The van der Waals surface area contributed by atoms with Gasteiger partial charge in [0, 0.05) is 19.5 Å². The van der Waals surface area contributed by atoms with E-state index in [9.17, 15) is 18.0 Å². The second-order valence-corrected chi connectivity index (χ2v) is 11.9. The molecule has 0 radical (unpaired) electrons. The van der Waals surface area contributed by atoms with Crippen LogP contribution in [0.1, 0.15) is 23.6 Å². The summed E-state index contributed by atoms with van der Waals surface area (Å²) in [6.45, 7) is 3.78. The van der Waals surface area contributed by atoms with Crippen LogP contribution in [0.2, 0.25) is 0 Å². The Hall–Kier alpha value is -4.63. The maximum atomic E-state index is 14.4. The number of carbonyl (C=O) groups is 2. The highest BCUT2D eigenvalue weighted by atomic mass is 32.2. The summed E-state index contributed by atoms with van der Waals surface area (Å²) in [6.07, 6.45) is 0.265. The van der Waals surface area contributed by atoms with Gasteiger partial charge in [0.05, 0.1) is 17.7 Å². The minimum Gasteiger partial charge on any atom is -0.497 e. The number of hydrogen-bond acceptors (Lipinski definition) is 5. The largest absolute Gasteiger partial charge is 0.497 e. The molecular weight excluding hydrogens is 562 g/mol. The molecular formula is C34H37N3O5S. The topological polar surface area (TPSA) is 96.0 Å². The van der Waals surface area contributed by atoms with Crippen molar-refractivity contribution >= 4 is 27.5 Å². The van der Waals surface area contributed by atoms with E-state index in [2.05, 4.69) is 5.32 Å². The molecule has 0 aromatic heterocycles. The average Bonchev–Trinajstić information content (AvgIpc) is 3.03. The van der Waals surface area contributed by atoms with Gasteiger partial charge in [0.25, 0.3) is 10.0 Å². The summed E-state index contributed by atoms with van der Waals surface area (Å²) >= 11 is 0. The number of nitrogens with one attached hydrogen (secondary N) is 1. The smallest absolute Gasteiger partial charge is 0.264 e. The standard InChI is InChI=1S/C34H37N3O5S/c1-4-35-34(39)32(23-27-14-7-5-8-15-27)36(24-28-16-12-11-13-26(28)2)33(38)25-37(29-17-9-6-10-18-29)43(40,41)31-21-19-30(42-3)20-22-31/h5-22,32H,4,23-25H2,1-3H3,(H,35,39)/t32-/m0/s1. The van der Waals surface area contributed by atoms with Gasteiger partial charge in [0.15, 0.2) is 0 Å². The van der Waals surface area contributed by atoms with Gasteiger partial charge in [0.2, 0.25) is 11.8 Å². The number of nitrogens with zero attached hydrogens (tertiary/aromatic N) is 2.